The Hall–Kier alpha value is -1.53. The molecular weight excluding hydrogens is 322 g/mol. The van der Waals surface area contributed by atoms with Crippen LogP contribution in [0.5, 0.6) is 0 Å². The van der Waals surface area contributed by atoms with E-state index in [0.29, 0.717) is 12.2 Å². The first-order chi connectivity index (χ1) is 11.7. The van der Waals surface area contributed by atoms with Crippen molar-refractivity contribution in [1.29, 1.82) is 0 Å². The van der Waals surface area contributed by atoms with Gasteiger partial charge < -0.3 is 10.2 Å². The fraction of sp³-hybridized carbons (Fsp3) is 0.556. The summed E-state index contributed by atoms with van der Waals surface area (Å²) in [6.45, 7) is 4.36. The zero-order chi connectivity index (χ0) is 16.8. The predicted octanol–water partition coefficient (Wildman–Crippen LogP) is 0.995. The second kappa shape index (κ2) is 8.53. The van der Waals surface area contributed by atoms with Crippen LogP contribution in [-0.4, -0.2) is 71.9 Å². The number of thioether (sulfide) groups is 1. The smallest absolute Gasteiger partial charge is 0.246 e. The summed E-state index contributed by atoms with van der Waals surface area (Å²) < 4.78 is 0. The SMILES string of the molecule is O=C1CCSC[C@@H](C(=O)N2CCN(CCc3ccccc3)CC2)N1. The summed E-state index contributed by atoms with van der Waals surface area (Å²) in [7, 11) is 0. The van der Waals surface area contributed by atoms with Crippen molar-refractivity contribution in [2.24, 2.45) is 0 Å². The van der Waals surface area contributed by atoms with Crippen LogP contribution in [0, 0.1) is 0 Å². The summed E-state index contributed by atoms with van der Waals surface area (Å²) >= 11 is 1.68. The molecule has 130 valence electrons. The lowest BCUT2D eigenvalue weighted by Gasteiger charge is -2.36. The predicted molar refractivity (Wildman–Crippen MR) is 97.0 cm³/mol. The van der Waals surface area contributed by atoms with E-state index in [1.54, 1.807) is 11.8 Å². The maximum Gasteiger partial charge on any atom is 0.246 e. The third kappa shape index (κ3) is 4.74. The monoisotopic (exact) mass is 347 g/mol. The number of rotatable bonds is 4. The third-order valence-corrected chi connectivity index (χ3v) is 5.70. The van der Waals surface area contributed by atoms with Gasteiger partial charge >= 0.3 is 0 Å². The first-order valence-corrected chi connectivity index (χ1v) is 9.80. The Labute approximate surface area is 147 Å². The Balaban J connectivity index is 1.44. The Bertz CT molecular complexity index is 559. The molecule has 0 spiro atoms. The van der Waals surface area contributed by atoms with E-state index in [9.17, 15) is 9.59 Å². The molecule has 5 nitrogen and oxygen atoms in total. The average molecular weight is 347 g/mol. The molecule has 0 aliphatic carbocycles. The van der Waals surface area contributed by atoms with Crippen molar-refractivity contribution in [3.63, 3.8) is 0 Å². The Morgan fingerprint density at radius 2 is 1.92 bits per heavy atom. The first-order valence-electron chi connectivity index (χ1n) is 8.64. The highest BCUT2D eigenvalue weighted by Gasteiger charge is 2.29. The fourth-order valence-electron chi connectivity index (χ4n) is 3.15. The highest BCUT2D eigenvalue weighted by atomic mass is 32.2. The van der Waals surface area contributed by atoms with Crippen LogP contribution in [0.25, 0.3) is 0 Å². The summed E-state index contributed by atoms with van der Waals surface area (Å²) in [5.74, 6) is 1.59. The summed E-state index contributed by atoms with van der Waals surface area (Å²) in [4.78, 5) is 28.6. The zero-order valence-electron chi connectivity index (χ0n) is 13.9. The van der Waals surface area contributed by atoms with Gasteiger partial charge in [0, 0.05) is 50.7 Å². The van der Waals surface area contributed by atoms with Crippen molar-refractivity contribution in [2.75, 3.05) is 44.2 Å². The summed E-state index contributed by atoms with van der Waals surface area (Å²) in [6.07, 6.45) is 1.56. The van der Waals surface area contributed by atoms with Crippen molar-refractivity contribution in [3.8, 4) is 0 Å². The van der Waals surface area contributed by atoms with E-state index in [-0.39, 0.29) is 17.9 Å². The molecule has 2 saturated heterocycles. The van der Waals surface area contributed by atoms with Crippen LogP contribution in [0.1, 0.15) is 12.0 Å². The van der Waals surface area contributed by atoms with Gasteiger partial charge in [-0.1, -0.05) is 30.3 Å². The Morgan fingerprint density at radius 1 is 1.17 bits per heavy atom. The number of hydrogen-bond donors (Lipinski definition) is 1. The number of nitrogens with one attached hydrogen (secondary N) is 1. The highest BCUT2D eigenvalue weighted by molar-refractivity contribution is 7.99. The molecular formula is C18H25N3O2S. The van der Waals surface area contributed by atoms with Gasteiger partial charge in [-0.15, -0.1) is 0 Å². The average Bonchev–Trinajstić information content (AvgIpc) is 2.85. The van der Waals surface area contributed by atoms with Gasteiger partial charge in [0.2, 0.25) is 11.8 Å². The van der Waals surface area contributed by atoms with E-state index in [4.69, 9.17) is 0 Å². The number of hydrogen-bond acceptors (Lipinski definition) is 4. The van der Waals surface area contributed by atoms with E-state index >= 15 is 0 Å². The lowest BCUT2D eigenvalue weighted by molar-refractivity contribution is -0.137. The van der Waals surface area contributed by atoms with E-state index in [0.717, 1.165) is 44.9 Å². The Morgan fingerprint density at radius 3 is 2.67 bits per heavy atom. The molecule has 2 amide bonds. The van der Waals surface area contributed by atoms with Crippen molar-refractivity contribution in [2.45, 2.75) is 18.9 Å². The number of nitrogens with zero attached hydrogens (tertiary/aromatic N) is 2. The van der Waals surface area contributed by atoms with Gasteiger partial charge in [-0.05, 0) is 12.0 Å². The molecule has 0 radical (unpaired) electrons. The van der Waals surface area contributed by atoms with E-state index in [1.165, 1.54) is 5.56 Å². The lowest BCUT2D eigenvalue weighted by Crippen LogP contribution is -2.55. The quantitative estimate of drug-likeness (QED) is 0.883. The van der Waals surface area contributed by atoms with E-state index < -0.39 is 0 Å². The molecule has 2 aliphatic heterocycles. The minimum absolute atomic E-state index is 0.000142. The summed E-state index contributed by atoms with van der Waals surface area (Å²) in [5.41, 5.74) is 1.36. The number of carbonyl (C=O) groups excluding carboxylic acids is 2. The minimum Gasteiger partial charge on any atom is -0.343 e. The van der Waals surface area contributed by atoms with Crippen LogP contribution >= 0.6 is 11.8 Å². The zero-order valence-corrected chi connectivity index (χ0v) is 14.8. The van der Waals surface area contributed by atoms with Gasteiger partial charge in [0.25, 0.3) is 0 Å². The molecule has 6 heteroatoms. The molecule has 1 atom stereocenters. The summed E-state index contributed by atoms with van der Waals surface area (Å²) in [5, 5.41) is 2.87. The summed E-state index contributed by atoms with van der Waals surface area (Å²) in [6, 6.07) is 10.2. The van der Waals surface area contributed by atoms with Crippen LogP contribution in [0.4, 0.5) is 0 Å². The number of carbonyl (C=O) groups is 2. The standard InChI is InChI=1S/C18H25N3O2S/c22-17-7-13-24-14-16(19-17)18(23)21-11-9-20(10-12-21)8-6-15-4-2-1-3-5-15/h1-5,16H,6-14H2,(H,19,22)/t16-/m0/s1. The van der Waals surface area contributed by atoms with Crippen LogP contribution in [0.2, 0.25) is 0 Å². The molecule has 1 N–H and O–H groups in total. The third-order valence-electron chi connectivity index (χ3n) is 4.63. The van der Waals surface area contributed by atoms with Gasteiger partial charge in [0.1, 0.15) is 6.04 Å². The topological polar surface area (TPSA) is 52.7 Å². The second-order valence-electron chi connectivity index (χ2n) is 6.35. The van der Waals surface area contributed by atoms with Gasteiger partial charge in [-0.2, -0.15) is 11.8 Å². The molecule has 3 rings (SSSR count). The van der Waals surface area contributed by atoms with Crippen molar-refractivity contribution >= 4 is 23.6 Å². The van der Waals surface area contributed by atoms with Crippen LogP contribution in [0.15, 0.2) is 30.3 Å². The van der Waals surface area contributed by atoms with Gasteiger partial charge in [0.15, 0.2) is 0 Å². The molecule has 0 unspecified atom stereocenters. The van der Waals surface area contributed by atoms with Gasteiger partial charge in [0.05, 0.1) is 0 Å². The molecule has 2 fully saturated rings. The normalized spacial score (nSPS) is 22.8. The number of amides is 2. The molecule has 0 aromatic heterocycles. The molecule has 0 saturated carbocycles. The van der Waals surface area contributed by atoms with Gasteiger partial charge in [-0.3, -0.25) is 14.5 Å². The second-order valence-corrected chi connectivity index (χ2v) is 7.50. The van der Waals surface area contributed by atoms with Crippen LogP contribution < -0.4 is 5.32 Å². The Kier molecular flexibility index (Phi) is 6.15. The largest absolute Gasteiger partial charge is 0.343 e. The molecule has 2 heterocycles. The van der Waals surface area contributed by atoms with Crippen molar-refractivity contribution < 1.29 is 9.59 Å². The molecule has 0 bridgehead atoms. The van der Waals surface area contributed by atoms with E-state index in [1.807, 2.05) is 11.0 Å². The minimum atomic E-state index is -0.346. The maximum atomic E-state index is 12.6. The van der Waals surface area contributed by atoms with E-state index in [2.05, 4.69) is 34.5 Å². The maximum absolute atomic E-state index is 12.6. The fourth-order valence-corrected chi connectivity index (χ4v) is 4.11. The van der Waals surface area contributed by atoms with Crippen LogP contribution in [-0.2, 0) is 16.0 Å². The number of piperazine rings is 1. The number of benzene rings is 1. The molecule has 2 aliphatic rings. The van der Waals surface area contributed by atoms with Crippen LogP contribution in [0.3, 0.4) is 0 Å². The van der Waals surface area contributed by atoms with Crippen molar-refractivity contribution in [3.05, 3.63) is 35.9 Å². The molecule has 1 aromatic rings. The first kappa shape index (κ1) is 17.3. The molecule has 24 heavy (non-hydrogen) atoms. The molecule has 1 aromatic carbocycles. The lowest BCUT2D eigenvalue weighted by atomic mass is 10.1. The highest BCUT2D eigenvalue weighted by Crippen LogP contribution is 2.13. The van der Waals surface area contributed by atoms with Gasteiger partial charge in [-0.25, -0.2) is 0 Å². The van der Waals surface area contributed by atoms with Crippen molar-refractivity contribution in [1.82, 2.24) is 15.1 Å².